The van der Waals surface area contributed by atoms with Gasteiger partial charge in [-0.15, -0.1) is 0 Å². The number of benzene rings is 2. The third-order valence-electron chi connectivity index (χ3n) is 5.66. The molecule has 9 heteroatoms. The number of aliphatic hydroxyl groups is 3. The second-order valence-corrected chi connectivity index (χ2v) is 8.28. The fourth-order valence-electron chi connectivity index (χ4n) is 3.66. The molecule has 0 aliphatic carbocycles. The van der Waals surface area contributed by atoms with E-state index >= 15 is 0 Å². The normalized spacial score (nSPS) is 23.8. The van der Waals surface area contributed by atoms with Crippen LogP contribution in [0.15, 0.2) is 42.5 Å². The monoisotopic (exact) mass is 462 g/mol. The summed E-state index contributed by atoms with van der Waals surface area (Å²) in [6.07, 6.45) is -4.45. The van der Waals surface area contributed by atoms with Crippen LogP contribution >= 0.6 is 0 Å². The molecule has 180 valence electrons. The van der Waals surface area contributed by atoms with E-state index in [0.717, 1.165) is 11.1 Å². The average molecular weight is 462 g/mol. The van der Waals surface area contributed by atoms with Crippen LogP contribution in [0.5, 0.6) is 17.2 Å². The molecule has 0 amide bonds. The van der Waals surface area contributed by atoms with Gasteiger partial charge in [-0.1, -0.05) is 18.2 Å². The number of rotatable bonds is 10. The van der Waals surface area contributed by atoms with Crippen molar-refractivity contribution >= 4 is 5.78 Å². The summed E-state index contributed by atoms with van der Waals surface area (Å²) in [6, 6.07) is 11.0. The van der Waals surface area contributed by atoms with Crippen LogP contribution in [0.3, 0.4) is 0 Å². The number of hydrogen-bond donors (Lipinski definition) is 6. The van der Waals surface area contributed by atoms with Crippen LogP contribution in [-0.4, -0.2) is 73.7 Å². The van der Waals surface area contributed by atoms with Crippen molar-refractivity contribution < 1.29 is 44.9 Å². The number of Topliss-reactive ketones (excluding diaryl/α,β-unsaturated/α-hetero) is 1. The number of carbonyl (C=O) groups excluding carboxylic acids is 1. The van der Waals surface area contributed by atoms with Crippen LogP contribution in [0.25, 0.3) is 0 Å². The van der Waals surface area contributed by atoms with E-state index in [-0.39, 0.29) is 42.5 Å². The summed E-state index contributed by atoms with van der Waals surface area (Å²) < 4.78 is 11.1. The zero-order valence-corrected chi connectivity index (χ0v) is 18.1. The van der Waals surface area contributed by atoms with Crippen molar-refractivity contribution in [2.24, 2.45) is 0 Å². The van der Waals surface area contributed by atoms with E-state index in [0.29, 0.717) is 19.3 Å². The molecule has 33 heavy (non-hydrogen) atoms. The zero-order valence-electron chi connectivity index (χ0n) is 18.1. The molecule has 6 N–H and O–H groups in total. The van der Waals surface area contributed by atoms with E-state index in [1.165, 1.54) is 12.1 Å². The first-order chi connectivity index (χ1) is 15.7. The Kier molecular flexibility index (Phi) is 8.65. The summed E-state index contributed by atoms with van der Waals surface area (Å²) in [7, 11) is 0. The molecular formula is C24H30O9. The first-order valence-corrected chi connectivity index (χ1v) is 10.8. The molecule has 9 nitrogen and oxygen atoms in total. The third-order valence-corrected chi connectivity index (χ3v) is 5.66. The van der Waals surface area contributed by atoms with Crippen molar-refractivity contribution in [2.75, 3.05) is 6.61 Å². The van der Waals surface area contributed by atoms with Crippen molar-refractivity contribution in [1.82, 2.24) is 0 Å². The summed E-state index contributed by atoms with van der Waals surface area (Å²) >= 11 is 0. The summed E-state index contributed by atoms with van der Waals surface area (Å²) in [6.45, 7) is -0.212. The Balaban J connectivity index is 1.62. The summed E-state index contributed by atoms with van der Waals surface area (Å²) in [5.41, 5.74) is 1.62. The van der Waals surface area contributed by atoms with Gasteiger partial charge < -0.3 is 40.1 Å². The van der Waals surface area contributed by atoms with Gasteiger partial charge in [-0.3, -0.25) is 4.79 Å². The van der Waals surface area contributed by atoms with Crippen LogP contribution in [-0.2, 0) is 27.1 Å². The smallest absolute Gasteiger partial charge is 0.186 e. The van der Waals surface area contributed by atoms with Gasteiger partial charge in [0.05, 0.1) is 12.7 Å². The number of aliphatic hydroxyl groups excluding tert-OH is 3. The number of aromatic hydroxyl groups is 3. The molecule has 5 atom stereocenters. The Hall–Kier alpha value is -2.69. The van der Waals surface area contributed by atoms with Gasteiger partial charge in [-0.2, -0.15) is 0 Å². The Labute approximate surface area is 191 Å². The summed E-state index contributed by atoms with van der Waals surface area (Å²) in [5.74, 6) is -0.412. The van der Waals surface area contributed by atoms with Crippen molar-refractivity contribution in [3.05, 3.63) is 53.6 Å². The number of aryl methyl sites for hydroxylation is 2. The highest BCUT2D eigenvalue weighted by Crippen LogP contribution is 2.27. The number of ether oxygens (including phenoxy) is 2. The Bertz CT molecular complexity index is 915. The first kappa shape index (κ1) is 24.9. The predicted molar refractivity (Wildman–Crippen MR) is 117 cm³/mol. The highest BCUT2D eigenvalue weighted by atomic mass is 16.7. The fourth-order valence-corrected chi connectivity index (χ4v) is 3.66. The maximum absolute atomic E-state index is 12.6. The minimum absolute atomic E-state index is 0.0351. The molecule has 1 aliphatic rings. The van der Waals surface area contributed by atoms with E-state index in [2.05, 4.69) is 0 Å². The van der Waals surface area contributed by atoms with E-state index in [9.17, 15) is 35.4 Å². The molecule has 1 unspecified atom stereocenters. The lowest BCUT2D eigenvalue weighted by atomic mass is 9.99. The molecule has 0 radical (unpaired) electrons. The van der Waals surface area contributed by atoms with Gasteiger partial charge in [-0.05, 0) is 54.7 Å². The molecular weight excluding hydrogens is 432 g/mol. The quantitative estimate of drug-likeness (QED) is 0.285. The van der Waals surface area contributed by atoms with Gasteiger partial charge in [0, 0.05) is 12.8 Å². The van der Waals surface area contributed by atoms with Crippen molar-refractivity contribution in [3.8, 4) is 17.2 Å². The summed E-state index contributed by atoms with van der Waals surface area (Å²) in [4.78, 5) is 12.6. The van der Waals surface area contributed by atoms with Gasteiger partial charge in [-0.25, -0.2) is 0 Å². The lowest BCUT2D eigenvalue weighted by Gasteiger charge is -2.36. The van der Waals surface area contributed by atoms with Crippen LogP contribution in [0.4, 0.5) is 0 Å². The second kappa shape index (κ2) is 11.4. The van der Waals surface area contributed by atoms with Gasteiger partial charge in [0.15, 0.2) is 17.8 Å². The van der Waals surface area contributed by atoms with Crippen LogP contribution in [0.1, 0.15) is 30.4 Å². The van der Waals surface area contributed by atoms with E-state index in [1.807, 2.05) is 0 Å². The maximum Gasteiger partial charge on any atom is 0.186 e. The maximum atomic E-state index is 12.6. The molecule has 3 rings (SSSR count). The van der Waals surface area contributed by atoms with Crippen LogP contribution in [0, 0.1) is 0 Å². The molecule has 1 aliphatic heterocycles. The lowest BCUT2D eigenvalue weighted by Crippen LogP contribution is -2.54. The van der Waals surface area contributed by atoms with Crippen LogP contribution < -0.4 is 0 Å². The molecule has 0 aromatic heterocycles. The van der Waals surface area contributed by atoms with Gasteiger partial charge in [0.1, 0.15) is 29.8 Å². The molecule has 1 saturated heterocycles. The number of ketones is 1. The Morgan fingerprint density at radius 1 is 0.939 bits per heavy atom. The number of phenols is 3. The number of hydrogen-bond acceptors (Lipinski definition) is 9. The van der Waals surface area contributed by atoms with E-state index in [4.69, 9.17) is 9.47 Å². The number of carbonyl (C=O) groups is 1. The minimum Gasteiger partial charge on any atom is -0.508 e. The first-order valence-electron chi connectivity index (χ1n) is 10.8. The Morgan fingerprint density at radius 3 is 2.33 bits per heavy atom. The molecule has 0 spiro atoms. The number of phenolic OH excluding ortho intramolecular Hbond substituents is 3. The summed E-state index contributed by atoms with van der Waals surface area (Å²) in [5, 5.41) is 58.3. The van der Waals surface area contributed by atoms with Gasteiger partial charge in [0.2, 0.25) is 0 Å². The SMILES string of the molecule is O=C(CCc1ccc(O)cc1)CC(CCc1ccc(O)c(O)c1)O[C@@H]1OC[C@@H](O)[C@H](O)[C@H]1O. The minimum atomic E-state index is -1.47. The van der Waals surface area contributed by atoms with Crippen molar-refractivity contribution in [3.63, 3.8) is 0 Å². The predicted octanol–water partition coefficient (Wildman–Crippen LogP) is 1.15. The van der Waals surface area contributed by atoms with E-state index < -0.39 is 30.7 Å². The largest absolute Gasteiger partial charge is 0.508 e. The standard InChI is InChI=1S/C24H30O9/c25-16-6-1-14(2-7-16)3-8-17(26)12-18(9-4-15-5-10-19(27)20(28)11-15)33-24-23(31)22(30)21(29)13-32-24/h1-2,5-7,10-11,18,21-25,27-31H,3-4,8-9,12-13H2/t18?,21-,22+,23-,24+/m1/s1. The highest BCUT2D eigenvalue weighted by Gasteiger charge is 2.39. The van der Waals surface area contributed by atoms with Crippen molar-refractivity contribution in [2.45, 2.75) is 62.8 Å². The van der Waals surface area contributed by atoms with Gasteiger partial charge >= 0.3 is 0 Å². The second-order valence-electron chi connectivity index (χ2n) is 8.28. The Morgan fingerprint density at radius 2 is 1.64 bits per heavy atom. The third kappa shape index (κ3) is 7.15. The highest BCUT2D eigenvalue weighted by molar-refractivity contribution is 5.79. The fraction of sp³-hybridized carbons (Fsp3) is 0.458. The molecule has 2 aromatic rings. The lowest BCUT2D eigenvalue weighted by molar-refractivity contribution is -0.282. The van der Waals surface area contributed by atoms with Crippen molar-refractivity contribution in [1.29, 1.82) is 0 Å². The zero-order chi connectivity index (χ0) is 24.0. The average Bonchev–Trinajstić information content (AvgIpc) is 2.79. The molecule has 0 saturated carbocycles. The van der Waals surface area contributed by atoms with Gasteiger partial charge in [0.25, 0.3) is 0 Å². The molecule has 1 fully saturated rings. The van der Waals surface area contributed by atoms with E-state index in [1.54, 1.807) is 30.3 Å². The van der Waals surface area contributed by atoms with Crippen LogP contribution in [0.2, 0.25) is 0 Å². The molecule has 2 aromatic carbocycles. The molecule has 1 heterocycles. The molecule has 0 bridgehead atoms. The topological polar surface area (TPSA) is 157 Å².